The first-order chi connectivity index (χ1) is 20.5. The summed E-state index contributed by atoms with van der Waals surface area (Å²) in [5, 5.41) is 9.74. The van der Waals surface area contributed by atoms with Crippen molar-refractivity contribution in [1.82, 2.24) is 9.71 Å². The number of aliphatic carboxylic acids is 1. The van der Waals surface area contributed by atoms with Crippen LogP contribution in [0.1, 0.15) is 81.2 Å². The summed E-state index contributed by atoms with van der Waals surface area (Å²) in [6, 6.07) is 13.7. The second-order valence-corrected chi connectivity index (χ2v) is 14.7. The number of rotatable bonds is 11. The molecule has 5 rings (SSSR count). The van der Waals surface area contributed by atoms with Crippen molar-refractivity contribution < 1.29 is 28.3 Å². The predicted octanol–water partition coefficient (Wildman–Crippen LogP) is 6.77. The van der Waals surface area contributed by atoms with E-state index in [0.29, 0.717) is 30.3 Å². The number of benzene rings is 2. The number of hydrogen-bond donors (Lipinski definition) is 2. The second-order valence-electron chi connectivity index (χ2n) is 12.7. The van der Waals surface area contributed by atoms with Gasteiger partial charge in [-0.1, -0.05) is 37.3 Å². The zero-order valence-corrected chi connectivity index (χ0v) is 26.3. The van der Waals surface area contributed by atoms with E-state index in [9.17, 15) is 14.5 Å². The number of hydrogen-bond acceptors (Lipinski definition) is 6. The van der Waals surface area contributed by atoms with Crippen LogP contribution in [-0.4, -0.2) is 39.0 Å². The number of carbonyl (C=O) groups is 1. The Labute approximate surface area is 256 Å². The minimum absolute atomic E-state index is 0.0314. The van der Waals surface area contributed by atoms with Crippen molar-refractivity contribution in [2.45, 2.75) is 76.6 Å². The molecule has 0 unspecified atom stereocenters. The van der Waals surface area contributed by atoms with E-state index in [4.69, 9.17) is 9.47 Å². The lowest BCUT2D eigenvalue weighted by atomic mass is 9.82. The fourth-order valence-electron chi connectivity index (χ4n) is 5.92. The normalized spacial score (nSPS) is 18.7. The highest BCUT2D eigenvalue weighted by atomic mass is 32.2. The third-order valence-corrected chi connectivity index (χ3v) is 10.1. The molecule has 0 saturated heterocycles. The Morgan fingerprint density at radius 1 is 1.19 bits per heavy atom. The molecule has 1 aromatic heterocycles. The van der Waals surface area contributed by atoms with E-state index in [2.05, 4.69) is 27.9 Å². The number of fused-ring (bicyclic) bond motifs is 1. The topological polar surface area (TPSA) is 104 Å². The number of pyridine rings is 1. The van der Waals surface area contributed by atoms with Crippen molar-refractivity contribution in [3.05, 3.63) is 76.7 Å². The lowest BCUT2D eigenvalue weighted by Gasteiger charge is -2.29. The van der Waals surface area contributed by atoms with Gasteiger partial charge in [-0.15, -0.1) is 4.72 Å². The first-order valence-corrected chi connectivity index (χ1v) is 16.1. The number of nitrogens with zero attached hydrogens (tertiary/aromatic N) is 1. The Hall–Kier alpha value is -3.14. The lowest BCUT2D eigenvalue weighted by molar-refractivity contribution is -0.142. The van der Waals surface area contributed by atoms with E-state index >= 15 is 4.39 Å². The van der Waals surface area contributed by atoms with Gasteiger partial charge in [0.2, 0.25) is 5.88 Å². The van der Waals surface area contributed by atoms with Crippen molar-refractivity contribution in [3.8, 4) is 22.8 Å². The first kappa shape index (κ1) is 31.3. The number of nitrogens with one attached hydrogen (secondary N) is 1. The number of aromatic nitrogens is 1. The van der Waals surface area contributed by atoms with E-state index in [1.165, 1.54) is 7.11 Å². The Morgan fingerprint density at radius 3 is 2.63 bits per heavy atom. The SMILES string of the molecule is COc1cc(-c2ccc([C@H]3CCc4ccc([C@H](C5CC5)[C@H](C)C(=O)O)cc4O3)cc2CCN[S@@+]([O-])C(C)(C)C)c(F)cn1. The van der Waals surface area contributed by atoms with E-state index in [1.54, 1.807) is 13.0 Å². The minimum Gasteiger partial charge on any atom is -0.598 e. The van der Waals surface area contributed by atoms with Gasteiger partial charge >= 0.3 is 5.97 Å². The maximum Gasteiger partial charge on any atom is 0.306 e. The Balaban J connectivity index is 1.44. The third-order valence-electron chi connectivity index (χ3n) is 8.49. The fourth-order valence-corrected chi connectivity index (χ4v) is 6.64. The van der Waals surface area contributed by atoms with Gasteiger partial charge in [0.1, 0.15) is 22.4 Å². The Kier molecular flexibility index (Phi) is 9.34. The van der Waals surface area contributed by atoms with Crippen molar-refractivity contribution >= 4 is 17.3 Å². The molecule has 2 N–H and O–H groups in total. The molecule has 1 fully saturated rings. The standard InChI is InChI=1S/C34H41FN2O5S/c1-20(33(38)39)32(22-7-8-22)25-9-6-21-11-13-29(42-30(21)17-25)24-10-12-26(27-18-31(41-5)36-19-28(27)35)23(16-24)14-15-37-43(40)34(2,3)4/h6,9-10,12,16-20,22,29,32,37H,7-8,11,13-15H2,1-5H3,(H,38,39)/t20-,29+,32-,43-/m0/s1. The van der Waals surface area contributed by atoms with Crippen molar-refractivity contribution in [2.24, 2.45) is 11.8 Å². The summed E-state index contributed by atoms with van der Waals surface area (Å²) in [7, 11) is 1.50. The highest BCUT2D eigenvalue weighted by Gasteiger charge is 2.39. The van der Waals surface area contributed by atoms with Gasteiger partial charge in [-0.25, -0.2) is 9.37 Å². The summed E-state index contributed by atoms with van der Waals surface area (Å²) in [5.74, 6) is -0.197. The largest absolute Gasteiger partial charge is 0.598 e. The van der Waals surface area contributed by atoms with Crippen molar-refractivity contribution in [1.29, 1.82) is 0 Å². The van der Waals surface area contributed by atoms with Crippen molar-refractivity contribution in [2.75, 3.05) is 13.7 Å². The van der Waals surface area contributed by atoms with E-state index in [0.717, 1.165) is 65.4 Å². The highest BCUT2D eigenvalue weighted by Crippen LogP contribution is 2.48. The molecule has 9 heteroatoms. The number of aryl methyl sites for hydroxylation is 1. The first-order valence-electron chi connectivity index (χ1n) is 15.0. The number of carboxylic acids is 1. The predicted molar refractivity (Wildman–Crippen MR) is 166 cm³/mol. The van der Waals surface area contributed by atoms with Crippen LogP contribution in [0.3, 0.4) is 0 Å². The average molecular weight is 609 g/mol. The summed E-state index contributed by atoms with van der Waals surface area (Å²) in [6.07, 6.45) is 5.21. The quantitative estimate of drug-likeness (QED) is 0.232. The molecule has 0 bridgehead atoms. The van der Waals surface area contributed by atoms with Gasteiger partial charge in [0.15, 0.2) is 0 Å². The molecular formula is C34H41FN2O5S. The molecule has 1 aliphatic heterocycles. The molecule has 2 heterocycles. The summed E-state index contributed by atoms with van der Waals surface area (Å²) in [6.45, 7) is 8.00. The zero-order chi connectivity index (χ0) is 30.9. The van der Waals surface area contributed by atoms with Gasteiger partial charge in [-0.2, -0.15) is 0 Å². The van der Waals surface area contributed by atoms with Gasteiger partial charge in [-0.3, -0.25) is 4.79 Å². The summed E-state index contributed by atoms with van der Waals surface area (Å²) in [4.78, 5) is 15.9. The molecule has 0 radical (unpaired) electrons. The number of ether oxygens (including phenoxy) is 2. The summed E-state index contributed by atoms with van der Waals surface area (Å²) < 4.78 is 42.2. The summed E-state index contributed by atoms with van der Waals surface area (Å²) >= 11 is -1.23. The van der Waals surface area contributed by atoms with Gasteiger partial charge in [0.05, 0.1) is 19.2 Å². The zero-order valence-electron chi connectivity index (χ0n) is 25.5. The molecule has 4 atom stereocenters. The van der Waals surface area contributed by atoms with Crippen LogP contribution in [0.25, 0.3) is 11.1 Å². The Bertz CT molecular complexity index is 1470. The molecule has 0 amide bonds. The lowest BCUT2D eigenvalue weighted by Crippen LogP contribution is -2.40. The van der Waals surface area contributed by atoms with Gasteiger partial charge in [-0.05, 0) is 98.6 Å². The van der Waals surface area contributed by atoms with Crippen LogP contribution in [0.5, 0.6) is 11.6 Å². The maximum absolute atomic E-state index is 15.0. The molecule has 2 aliphatic rings. The molecule has 43 heavy (non-hydrogen) atoms. The molecule has 7 nitrogen and oxygen atoms in total. The average Bonchev–Trinajstić information content (AvgIpc) is 3.82. The van der Waals surface area contributed by atoms with E-state index in [-0.39, 0.29) is 12.0 Å². The molecule has 3 aromatic rings. The minimum atomic E-state index is -1.23. The van der Waals surface area contributed by atoms with Gasteiger partial charge < -0.3 is 19.1 Å². The van der Waals surface area contributed by atoms with Crippen LogP contribution in [0.4, 0.5) is 4.39 Å². The fraction of sp³-hybridized carbons (Fsp3) is 0.471. The highest BCUT2D eigenvalue weighted by molar-refractivity contribution is 7.90. The van der Waals surface area contributed by atoms with E-state index in [1.807, 2.05) is 39.0 Å². The maximum atomic E-state index is 15.0. The van der Waals surface area contributed by atoms with Crippen LogP contribution in [0.2, 0.25) is 0 Å². The van der Waals surface area contributed by atoms with Crippen LogP contribution in [0.15, 0.2) is 48.7 Å². The number of halogens is 1. The molecule has 1 aliphatic carbocycles. The van der Waals surface area contributed by atoms with Crippen LogP contribution >= 0.6 is 0 Å². The Morgan fingerprint density at radius 2 is 1.95 bits per heavy atom. The van der Waals surface area contributed by atoms with Crippen LogP contribution in [0, 0.1) is 17.7 Å². The molecule has 230 valence electrons. The summed E-state index contributed by atoms with van der Waals surface area (Å²) in [5.41, 5.74) is 5.13. The number of methoxy groups -OCH3 is 1. The monoisotopic (exact) mass is 608 g/mol. The third kappa shape index (κ3) is 7.16. The van der Waals surface area contributed by atoms with Gasteiger partial charge in [0, 0.05) is 29.5 Å². The molecular weight excluding hydrogens is 567 g/mol. The van der Waals surface area contributed by atoms with Crippen molar-refractivity contribution in [3.63, 3.8) is 0 Å². The molecule has 2 aromatic carbocycles. The van der Waals surface area contributed by atoms with Crippen LogP contribution in [-0.2, 0) is 29.0 Å². The smallest absolute Gasteiger partial charge is 0.306 e. The molecule has 1 saturated carbocycles. The molecule has 0 spiro atoms. The van der Waals surface area contributed by atoms with E-state index < -0.39 is 33.8 Å². The number of carboxylic acid groups (broad SMARTS) is 1. The van der Waals surface area contributed by atoms with Gasteiger partial charge in [0.25, 0.3) is 0 Å². The second kappa shape index (κ2) is 12.8. The van der Waals surface area contributed by atoms with Crippen LogP contribution < -0.4 is 14.2 Å².